The van der Waals surface area contributed by atoms with E-state index in [1.165, 1.54) is 18.4 Å². The Morgan fingerprint density at radius 3 is 3.06 bits per heavy atom. The van der Waals surface area contributed by atoms with Crippen molar-refractivity contribution >= 4 is 38.9 Å². The molecule has 0 saturated carbocycles. The zero-order valence-corrected chi connectivity index (χ0v) is 10.4. The molecule has 5 nitrogen and oxygen atoms in total. The van der Waals surface area contributed by atoms with Gasteiger partial charge in [-0.1, -0.05) is 0 Å². The van der Waals surface area contributed by atoms with E-state index in [4.69, 9.17) is 5.73 Å². The van der Waals surface area contributed by atoms with Gasteiger partial charge in [0.05, 0.1) is 18.2 Å². The summed E-state index contributed by atoms with van der Waals surface area (Å²) in [6, 6.07) is 1.84. The van der Waals surface area contributed by atoms with Crippen LogP contribution in [0.4, 0.5) is 11.4 Å². The van der Waals surface area contributed by atoms with E-state index in [9.17, 15) is 4.79 Å². The maximum Gasteiger partial charge on any atom is 0.350 e. The lowest BCUT2D eigenvalue weighted by Gasteiger charge is -2.04. The number of thiophene rings is 1. The van der Waals surface area contributed by atoms with Crippen LogP contribution in [0.3, 0.4) is 0 Å². The second-order valence-electron chi connectivity index (χ2n) is 3.41. The number of nitrogen functional groups attached to an aromatic ring is 1. The van der Waals surface area contributed by atoms with Crippen LogP contribution in [-0.4, -0.2) is 24.6 Å². The average Bonchev–Trinajstić information content (AvgIpc) is 2.67. The fourth-order valence-electron chi connectivity index (χ4n) is 1.63. The monoisotopic (exact) mass is 251 g/mol. The molecular weight excluding hydrogens is 238 g/mol. The molecule has 0 atom stereocenters. The number of nitrogens with two attached hydrogens (primary N) is 1. The number of hydrogen-bond acceptors (Lipinski definition) is 6. The average molecular weight is 251 g/mol. The first-order valence-electron chi connectivity index (χ1n) is 5.18. The number of ether oxygens (including phenoxy) is 1. The van der Waals surface area contributed by atoms with Crippen molar-refractivity contribution in [1.29, 1.82) is 0 Å². The van der Waals surface area contributed by atoms with Gasteiger partial charge in [-0.3, -0.25) is 0 Å². The Morgan fingerprint density at radius 1 is 1.65 bits per heavy atom. The smallest absolute Gasteiger partial charge is 0.350 e. The number of pyridine rings is 1. The van der Waals surface area contributed by atoms with Crippen LogP contribution in [0.5, 0.6) is 0 Å². The predicted octanol–water partition coefficient (Wildman–Crippen LogP) is 2.10. The van der Waals surface area contributed by atoms with Gasteiger partial charge in [0, 0.05) is 18.4 Å². The Hall–Kier alpha value is -1.82. The summed E-state index contributed by atoms with van der Waals surface area (Å²) in [7, 11) is 1.34. The van der Waals surface area contributed by atoms with Crippen molar-refractivity contribution < 1.29 is 9.53 Å². The highest BCUT2D eigenvalue weighted by Crippen LogP contribution is 2.37. The van der Waals surface area contributed by atoms with E-state index >= 15 is 0 Å². The van der Waals surface area contributed by atoms with Gasteiger partial charge in [-0.15, -0.1) is 11.3 Å². The number of anilines is 2. The first-order chi connectivity index (χ1) is 8.19. The normalized spacial score (nSPS) is 10.5. The summed E-state index contributed by atoms with van der Waals surface area (Å²) in [4.78, 5) is 16.9. The molecule has 0 unspecified atom stereocenters. The van der Waals surface area contributed by atoms with Gasteiger partial charge >= 0.3 is 5.97 Å². The van der Waals surface area contributed by atoms with Gasteiger partial charge in [0.25, 0.3) is 0 Å². The third-order valence-electron chi connectivity index (χ3n) is 2.37. The van der Waals surface area contributed by atoms with Crippen LogP contribution in [-0.2, 0) is 4.74 Å². The highest BCUT2D eigenvalue weighted by atomic mass is 32.1. The number of aromatic nitrogens is 1. The Kier molecular flexibility index (Phi) is 3.14. The van der Waals surface area contributed by atoms with E-state index in [1.807, 2.05) is 13.0 Å². The van der Waals surface area contributed by atoms with E-state index < -0.39 is 5.97 Å². The Balaban J connectivity index is 2.65. The molecular formula is C11H13N3O2S. The summed E-state index contributed by atoms with van der Waals surface area (Å²) >= 11 is 1.25. The fraction of sp³-hybridized carbons (Fsp3) is 0.273. The molecule has 0 amide bonds. The lowest BCUT2D eigenvalue weighted by atomic mass is 10.2. The molecule has 6 heteroatoms. The van der Waals surface area contributed by atoms with Crippen LogP contribution in [0.2, 0.25) is 0 Å². The van der Waals surface area contributed by atoms with Crippen molar-refractivity contribution in [3.8, 4) is 0 Å². The van der Waals surface area contributed by atoms with Crippen LogP contribution < -0.4 is 11.1 Å². The minimum absolute atomic E-state index is 0.403. The molecule has 0 bridgehead atoms. The number of hydrogen-bond donors (Lipinski definition) is 2. The second-order valence-corrected chi connectivity index (χ2v) is 4.40. The third-order valence-corrected chi connectivity index (χ3v) is 3.46. The number of fused-ring (bicyclic) bond motifs is 1. The summed E-state index contributed by atoms with van der Waals surface area (Å²) < 4.78 is 4.69. The van der Waals surface area contributed by atoms with Crippen molar-refractivity contribution in [1.82, 2.24) is 4.98 Å². The second kappa shape index (κ2) is 4.58. The Morgan fingerprint density at radius 2 is 2.41 bits per heavy atom. The van der Waals surface area contributed by atoms with Gasteiger partial charge in [0.15, 0.2) is 0 Å². The highest BCUT2D eigenvalue weighted by molar-refractivity contribution is 7.21. The fourth-order valence-corrected chi connectivity index (χ4v) is 2.64. The molecule has 0 fully saturated rings. The van der Waals surface area contributed by atoms with Gasteiger partial charge in [-0.25, -0.2) is 9.78 Å². The van der Waals surface area contributed by atoms with Crippen molar-refractivity contribution in [2.75, 3.05) is 24.7 Å². The SMILES string of the molecule is CCNc1ccnc2sc(C(=O)OC)c(N)c12. The summed E-state index contributed by atoms with van der Waals surface area (Å²) in [6.07, 6.45) is 1.69. The third kappa shape index (κ3) is 1.91. The highest BCUT2D eigenvalue weighted by Gasteiger charge is 2.19. The molecule has 3 N–H and O–H groups in total. The molecule has 90 valence electrons. The quantitative estimate of drug-likeness (QED) is 0.817. The largest absolute Gasteiger partial charge is 0.465 e. The maximum absolute atomic E-state index is 11.5. The van der Waals surface area contributed by atoms with E-state index in [2.05, 4.69) is 15.0 Å². The zero-order valence-electron chi connectivity index (χ0n) is 9.61. The molecule has 0 spiro atoms. The molecule has 0 aliphatic heterocycles. The molecule has 0 aliphatic rings. The van der Waals surface area contributed by atoms with Gasteiger partial charge in [0.2, 0.25) is 0 Å². The molecule has 0 aromatic carbocycles. The molecule has 2 rings (SSSR count). The number of rotatable bonds is 3. The molecule has 0 aliphatic carbocycles. The van der Waals surface area contributed by atoms with Crippen LogP contribution in [0.15, 0.2) is 12.3 Å². The number of carbonyl (C=O) groups is 1. The molecule has 0 radical (unpaired) electrons. The van der Waals surface area contributed by atoms with Crippen LogP contribution in [0, 0.1) is 0 Å². The van der Waals surface area contributed by atoms with Crippen LogP contribution in [0.1, 0.15) is 16.6 Å². The first-order valence-corrected chi connectivity index (χ1v) is 5.99. The Bertz CT molecular complexity index is 565. The van der Waals surface area contributed by atoms with E-state index in [0.717, 1.165) is 22.4 Å². The standard InChI is InChI=1S/C11H13N3O2S/c1-3-13-6-4-5-14-10-7(6)8(12)9(17-10)11(15)16-2/h4-5H,3,12H2,1-2H3,(H,13,14). The van der Waals surface area contributed by atoms with E-state index in [-0.39, 0.29) is 0 Å². The van der Waals surface area contributed by atoms with Crippen molar-refractivity contribution in [2.24, 2.45) is 0 Å². The molecule has 2 aromatic rings. The lowest BCUT2D eigenvalue weighted by molar-refractivity contribution is 0.0607. The van der Waals surface area contributed by atoms with Crippen LogP contribution in [0.25, 0.3) is 10.2 Å². The van der Waals surface area contributed by atoms with Gasteiger partial charge in [0.1, 0.15) is 9.71 Å². The zero-order chi connectivity index (χ0) is 12.4. The number of nitrogens with one attached hydrogen (secondary N) is 1. The minimum Gasteiger partial charge on any atom is -0.465 e. The molecule has 17 heavy (non-hydrogen) atoms. The number of methoxy groups -OCH3 is 1. The molecule has 2 aromatic heterocycles. The molecule has 0 saturated heterocycles. The first kappa shape index (κ1) is 11.7. The summed E-state index contributed by atoms with van der Waals surface area (Å²) in [5, 5.41) is 3.99. The maximum atomic E-state index is 11.5. The number of carbonyl (C=O) groups excluding carboxylic acids is 1. The molecule has 2 heterocycles. The van der Waals surface area contributed by atoms with Gasteiger partial charge in [-0.05, 0) is 13.0 Å². The van der Waals surface area contributed by atoms with E-state index in [1.54, 1.807) is 6.20 Å². The van der Waals surface area contributed by atoms with Crippen molar-refractivity contribution in [3.63, 3.8) is 0 Å². The van der Waals surface area contributed by atoms with Crippen molar-refractivity contribution in [2.45, 2.75) is 6.92 Å². The van der Waals surface area contributed by atoms with Crippen molar-refractivity contribution in [3.05, 3.63) is 17.1 Å². The lowest BCUT2D eigenvalue weighted by Crippen LogP contribution is -2.02. The minimum atomic E-state index is -0.423. The summed E-state index contributed by atoms with van der Waals surface area (Å²) in [5.74, 6) is -0.423. The summed E-state index contributed by atoms with van der Waals surface area (Å²) in [5.41, 5.74) is 7.30. The van der Waals surface area contributed by atoms with Gasteiger partial charge < -0.3 is 15.8 Å². The van der Waals surface area contributed by atoms with Crippen LogP contribution >= 0.6 is 11.3 Å². The van der Waals surface area contributed by atoms with E-state index in [0.29, 0.717) is 10.6 Å². The summed E-state index contributed by atoms with van der Waals surface area (Å²) in [6.45, 7) is 2.78. The topological polar surface area (TPSA) is 77.2 Å². The number of esters is 1. The number of nitrogens with zero attached hydrogens (tertiary/aromatic N) is 1. The predicted molar refractivity (Wildman–Crippen MR) is 69.5 cm³/mol. The van der Waals surface area contributed by atoms with Gasteiger partial charge in [-0.2, -0.15) is 0 Å². The Labute approximate surface area is 103 Å².